The number of anilines is 1. The van der Waals surface area contributed by atoms with E-state index in [0.29, 0.717) is 5.95 Å². The second-order valence-electron chi connectivity index (χ2n) is 5.01. The molecule has 1 amide bonds. The number of aryl methyl sites for hydroxylation is 2. The van der Waals surface area contributed by atoms with Crippen LogP contribution >= 0.6 is 0 Å². The average Bonchev–Trinajstić information content (AvgIpc) is 2.96. The van der Waals surface area contributed by atoms with Crippen molar-refractivity contribution in [3.05, 3.63) is 47.7 Å². The molecule has 0 radical (unpaired) electrons. The summed E-state index contributed by atoms with van der Waals surface area (Å²) in [6, 6.07) is 4.52. The van der Waals surface area contributed by atoms with Crippen molar-refractivity contribution >= 4 is 22.8 Å². The molecular weight excluding hydrogens is 271 g/mol. The largest absolute Gasteiger partial charge is 0.358 e. The third-order valence-corrected chi connectivity index (χ3v) is 3.49. The first kappa shape index (κ1) is 13.4. The number of fused-ring (bicyclic) bond motifs is 1. The molecule has 0 bridgehead atoms. The van der Waals surface area contributed by atoms with Crippen LogP contribution in [-0.2, 0) is 18.3 Å². The Morgan fingerprint density at radius 3 is 3.00 bits per heavy atom. The maximum Gasteiger partial charge on any atom is 0.231 e. The van der Waals surface area contributed by atoms with E-state index >= 15 is 0 Å². The normalized spacial score (nSPS) is 11.0. The molecule has 0 aliphatic rings. The van der Waals surface area contributed by atoms with Crippen molar-refractivity contribution in [3.63, 3.8) is 0 Å². The van der Waals surface area contributed by atoms with Crippen LogP contribution in [0.15, 0.2) is 30.6 Å². The van der Waals surface area contributed by atoms with Gasteiger partial charge in [-0.05, 0) is 30.7 Å². The fourth-order valence-corrected chi connectivity index (χ4v) is 2.40. The molecule has 0 saturated heterocycles. The number of halogens is 1. The van der Waals surface area contributed by atoms with Crippen LogP contribution in [0.2, 0.25) is 0 Å². The highest BCUT2D eigenvalue weighted by atomic mass is 19.1. The van der Waals surface area contributed by atoms with Gasteiger partial charge in [-0.3, -0.25) is 10.1 Å². The maximum atomic E-state index is 13.4. The fourth-order valence-electron chi connectivity index (χ4n) is 2.40. The first-order valence-electron chi connectivity index (χ1n) is 6.58. The molecule has 2 heterocycles. The molecular formula is C15H15FN4O. The molecule has 21 heavy (non-hydrogen) atoms. The zero-order valence-electron chi connectivity index (χ0n) is 11.8. The van der Waals surface area contributed by atoms with E-state index in [2.05, 4.69) is 15.3 Å². The number of aromatic amines is 1. The van der Waals surface area contributed by atoms with E-state index in [1.54, 1.807) is 30.1 Å². The second kappa shape index (κ2) is 5.05. The van der Waals surface area contributed by atoms with Crippen molar-refractivity contribution in [1.82, 2.24) is 14.5 Å². The molecule has 2 N–H and O–H groups in total. The number of rotatable bonds is 3. The highest BCUT2D eigenvalue weighted by Crippen LogP contribution is 2.23. The summed E-state index contributed by atoms with van der Waals surface area (Å²) in [5.74, 6) is -0.00602. The Morgan fingerprint density at radius 2 is 2.29 bits per heavy atom. The van der Waals surface area contributed by atoms with Gasteiger partial charge in [0.05, 0.1) is 6.42 Å². The topological polar surface area (TPSA) is 62.7 Å². The molecule has 0 aliphatic heterocycles. The second-order valence-corrected chi connectivity index (χ2v) is 5.01. The number of hydrogen-bond acceptors (Lipinski definition) is 2. The SMILES string of the molecule is Cc1[nH]c2ccc(F)cc2c1CC(=O)Nc1nccn1C. The predicted molar refractivity (Wildman–Crippen MR) is 78.5 cm³/mol. The number of carbonyl (C=O) groups excluding carboxylic acids is 1. The van der Waals surface area contributed by atoms with Gasteiger partial charge in [-0.2, -0.15) is 0 Å². The van der Waals surface area contributed by atoms with Gasteiger partial charge in [0.25, 0.3) is 0 Å². The van der Waals surface area contributed by atoms with Crippen molar-refractivity contribution in [2.75, 3.05) is 5.32 Å². The lowest BCUT2D eigenvalue weighted by Gasteiger charge is -2.05. The monoisotopic (exact) mass is 286 g/mol. The van der Waals surface area contributed by atoms with Crippen molar-refractivity contribution in [2.45, 2.75) is 13.3 Å². The standard InChI is InChI=1S/C15H15FN4O/c1-9-11(12-7-10(16)3-4-13(12)18-9)8-14(21)19-15-17-5-6-20(15)2/h3-7,18H,8H2,1-2H3,(H,17,19,21). The number of carbonyl (C=O) groups is 1. The summed E-state index contributed by atoms with van der Waals surface area (Å²) in [6.07, 6.45) is 3.53. The molecule has 6 heteroatoms. The number of H-pyrrole nitrogens is 1. The van der Waals surface area contributed by atoms with Gasteiger partial charge in [-0.15, -0.1) is 0 Å². The lowest BCUT2D eigenvalue weighted by atomic mass is 10.1. The Hall–Kier alpha value is -2.63. The number of aromatic nitrogens is 3. The van der Waals surface area contributed by atoms with Crippen LogP contribution in [0.3, 0.4) is 0 Å². The molecule has 0 atom stereocenters. The summed E-state index contributed by atoms with van der Waals surface area (Å²) in [5.41, 5.74) is 2.50. The molecule has 3 aromatic rings. The minimum Gasteiger partial charge on any atom is -0.358 e. The van der Waals surface area contributed by atoms with Crippen molar-refractivity contribution in [3.8, 4) is 0 Å². The smallest absolute Gasteiger partial charge is 0.231 e. The fraction of sp³-hybridized carbons (Fsp3) is 0.200. The van der Waals surface area contributed by atoms with Gasteiger partial charge in [-0.25, -0.2) is 9.37 Å². The number of amides is 1. The Labute approximate surface area is 120 Å². The summed E-state index contributed by atoms with van der Waals surface area (Å²) >= 11 is 0. The van der Waals surface area contributed by atoms with E-state index in [0.717, 1.165) is 22.2 Å². The minimum atomic E-state index is -0.313. The first-order chi connectivity index (χ1) is 10.0. The minimum absolute atomic E-state index is 0.169. The highest BCUT2D eigenvalue weighted by molar-refractivity contribution is 5.95. The molecule has 5 nitrogen and oxygen atoms in total. The van der Waals surface area contributed by atoms with E-state index in [4.69, 9.17) is 0 Å². The van der Waals surface area contributed by atoms with Crippen LogP contribution in [0, 0.1) is 12.7 Å². The molecule has 3 rings (SSSR count). The van der Waals surface area contributed by atoms with Crippen LogP contribution in [0.1, 0.15) is 11.3 Å². The number of imidazole rings is 1. The Balaban J connectivity index is 1.87. The van der Waals surface area contributed by atoms with E-state index in [1.165, 1.54) is 12.1 Å². The highest BCUT2D eigenvalue weighted by Gasteiger charge is 2.14. The van der Waals surface area contributed by atoms with Gasteiger partial charge < -0.3 is 9.55 Å². The number of nitrogens with zero attached hydrogens (tertiary/aromatic N) is 2. The number of hydrogen-bond donors (Lipinski definition) is 2. The van der Waals surface area contributed by atoms with Gasteiger partial charge in [0.1, 0.15) is 5.82 Å². The lowest BCUT2D eigenvalue weighted by Crippen LogP contribution is -2.17. The van der Waals surface area contributed by atoms with Gasteiger partial charge in [0.2, 0.25) is 11.9 Å². The summed E-state index contributed by atoms with van der Waals surface area (Å²) in [6.45, 7) is 1.88. The summed E-state index contributed by atoms with van der Waals surface area (Å²) in [7, 11) is 1.80. The summed E-state index contributed by atoms with van der Waals surface area (Å²) in [5, 5.41) is 3.48. The van der Waals surface area contributed by atoms with Gasteiger partial charge >= 0.3 is 0 Å². The Bertz CT molecular complexity index is 818. The molecule has 108 valence electrons. The van der Waals surface area contributed by atoms with Gasteiger partial charge in [-0.1, -0.05) is 0 Å². The maximum absolute atomic E-state index is 13.4. The molecule has 0 spiro atoms. The van der Waals surface area contributed by atoms with E-state index < -0.39 is 0 Å². The van der Waals surface area contributed by atoms with Crippen molar-refractivity contribution < 1.29 is 9.18 Å². The van der Waals surface area contributed by atoms with Crippen LogP contribution in [-0.4, -0.2) is 20.4 Å². The zero-order chi connectivity index (χ0) is 15.0. The van der Waals surface area contributed by atoms with Crippen molar-refractivity contribution in [2.24, 2.45) is 7.05 Å². The van der Waals surface area contributed by atoms with Crippen LogP contribution in [0.4, 0.5) is 10.3 Å². The summed E-state index contributed by atoms with van der Waals surface area (Å²) in [4.78, 5) is 19.3. The summed E-state index contributed by atoms with van der Waals surface area (Å²) < 4.78 is 15.1. The quantitative estimate of drug-likeness (QED) is 0.777. The van der Waals surface area contributed by atoms with Crippen LogP contribution < -0.4 is 5.32 Å². The average molecular weight is 286 g/mol. The lowest BCUT2D eigenvalue weighted by molar-refractivity contribution is -0.115. The number of nitrogens with one attached hydrogen (secondary N) is 2. The Kier molecular flexibility index (Phi) is 3.21. The van der Waals surface area contributed by atoms with Gasteiger partial charge in [0, 0.05) is 36.0 Å². The molecule has 0 unspecified atom stereocenters. The van der Waals surface area contributed by atoms with Crippen LogP contribution in [0.5, 0.6) is 0 Å². The van der Waals surface area contributed by atoms with Gasteiger partial charge in [0.15, 0.2) is 0 Å². The number of benzene rings is 1. The zero-order valence-corrected chi connectivity index (χ0v) is 11.8. The van der Waals surface area contributed by atoms with E-state index in [1.807, 2.05) is 6.92 Å². The predicted octanol–water partition coefficient (Wildman–Crippen LogP) is 2.53. The Morgan fingerprint density at radius 1 is 1.48 bits per heavy atom. The molecule has 0 saturated carbocycles. The van der Waals surface area contributed by atoms with E-state index in [-0.39, 0.29) is 18.1 Å². The van der Waals surface area contributed by atoms with Crippen LogP contribution in [0.25, 0.3) is 10.9 Å². The molecule has 2 aromatic heterocycles. The van der Waals surface area contributed by atoms with Crippen molar-refractivity contribution in [1.29, 1.82) is 0 Å². The molecule has 1 aromatic carbocycles. The van der Waals surface area contributed by atoms with E-state index in [9.17, 15) is 9.18 Å². The third-order valence-electron chi connectivity index (χ3n) is 3.49. The molecule has 0 aliphatic carbocycles. The molecule has 0 fully saturated rings. The third kappa shape index (κ3) is 2.52. The first-order valence-corrected chi connectivity index (χ1v) is 6.58.